The summed E-state index contributed by atoms with van der Waals surface area (Å²) in [6, 6.07) is 17.2. The number of halogens is 1. The molecule has 1 amide bonds. The molecule has 0 unspecified atom stereocenters. The molecule has 0 bridgehead atoms. The Morgan fingerprint density at radius 3 is 2.61 bits per heavy atom. The van der Waals surface area contributed by atoms with Gasteiger partial charge in [-0.15, -0.1) is 0 Å². The Kier molecular flexibility index (Phi) is 5.53. The Hall–Kier alpha value is -2.92. The van der Waals surface area contributed by atoms with Crippen molar-refractivity contribution in [3.8, 4) is 11.3 Å². The number of hydrogen-bond donors (Lipinski definition) is 0. The van der Waals surface area contributed by atoms with E-state index in [9.17, 15) is 4.79 Å². The lowest BCUT2D eigenvalue weighted by Gasteiger charge is -2.23. The van der Waals surface area contributed by atoms with Gasteiger partial charge < -0.3 is 9.80 Å². The summed E-state index contributed by atoms with van der Waals surface area (Å²) < 4.78 is 0. The Morgan fingerprint density at radius 2 is 1.79 bits per heavy atom. The molecule has 0 radical (unpaired) electrons. The van der Waals surface area contributed by atoms with Crippen molar-refractivity contribution in [2.24, 2.45) is 0 Å². The minimum Gasteiger partial charge on any atom is -0.353 e. The number of amides is 1. The molecule has 2 heterocycles. The highest BCUT2D eigenvalue weighted by atomic mass is 35.5. The number of rotatable bonds is 3. The van der Waals surface area contributed by atoms with E-state index in [0.29, 0.717) is 23.7 Å². The van der Waals surface area contributed by atoms with Crippen molar-refractivity contribution in [1.29, 1.82) is 0 Å². The molecule has 1 aromatic heterocycles. The fraction of sp³-hybridized carbons (Fsp3) is 0.227. The van der Waals surface area contributed by atoms with Crippen molar-refractivity contribution in [3.05, 3.63) is 77.6 Å². The van der Waals surface area contributed by atoms with Crippen LogP contribution in [0.25, 0.3) is 11.3 Å². The van der Waals surface area contributed by atoms with E-state index in [4.69, 9.17) is 16.6 Å². The smallest absolute Gasteiger partial charge is 0.253 e. The first-order chi connectivity index (χ1) is 13.7. The van der Waals surface area contributed by atoms with Crippen molar-refractivity contribution in [3.63, 3.8) is 0 Å². The summed E-state index contributed by atoms with van der Waals surface area (Å²) in [5.74, 6) is 0.867. The van der Waals surface area contributed by atoms with Crippen LogP contribution in [0.2, 0.25) is 5.02 Å². The second-order valence-electron chi connectivity index (χ2n) is 6.77. The Morgan fingerprint density at radius 1 is 0.929 bits per heavy atom. The van der Waals surface area contributed by atoms with Crippen molar-refractivity contribution >= 4 is 23.3 Å². The van der Waals surface area contributed by atoms with Crippen molar-refractivity contribution < 1.29 is 4.79 Å². The van der Waals surface area contributed by atoms with E-state index in [1.807, 2.05) is 47.4 Å². The predicted molar refractivity (Wildman–Crippen MR) is 112 cm³/mol. The van der Waals surface area contributed by atoms with Crippen LogP contribution < -0.4 is 4.90 Å². The molecule has 6 heteroatoms. The van der Waals surface area contributed by atoms with Crippen molar-refractivity contribution in [1.82, 2.24) is 14.9 Å². The van der Waals surface area contributed by atoms with E-state index in [2.05, 4.69) is 9.88 Å². The molecule has 1 saturated heterocycles. The van der Waals surface area contributed by atoms with Crippen LogP contribution in [-0.4, -0.2) is 47.0 Å². The quantitative estimate of drug-likeness (QED) is 0.671. The molecule has 1 fully saturated rings. The Bertz CT molecular complexity index is 964. The normalized spacial score (nSPS) is 14.6. The zero-order chi connectivity index (χ0) is 19.3. The molecule has 0 atom stereocenters. The summed E-state index contributed by atoms with van der Waals surface area (Å²) in [5, 5.41) is 0.579. The van der Waals surface area contributed by atoms with E-state index in [1.165, 1.54) is 0 Å². The molecule has 1 aliphatic rings. The van der Waals surface area contributed by atoms with E-state index in [0.717, 1.165) is 36.6 Å². The van der Waals surface area contributed by atoms with E-state index in [-0.39, 0.29) is 5.91 Å². The van der Waals surface area contributed by atoms with Gasteiger partial charge in [-0.1, -0.05) is 48.0 Å². The van der Waals surface area contributed by atoms with Crippen LogP contribution in [0.3, 0.4) is 0 Å². The second kappa shape index (κ2) is 8.40. The van der Waals surface area contributed by atoms with E-state index >= 15 is 0 Å². The summed E-state index contributed by atoms with van der Waals surface area (Å²) >= 11 is 6.03. The van der Waals surface area contributed by atoms with Crippen molar-refractivity contribution in [2.45, 2.75) is 6.42 Å². The average Bonchev–Trinajstić information content (AvgIpc) is 3.00. The van der Waals surface area contributed by atoms with Crippen molar-refractivity contribution in [2.75, 3.05) is 31.1 Å². The SMILES string of the molecule is O=C(c1cccc(Cl)c1)N1CCCN(c2cncc(-c3ccccc3)n2)CC1. The Labute approximate surface area is 169 Å². The molecular weight excluding hydrogens is 372 g/mol. The third-order valence-corrected chi connectivity index (χ3v) is 5.11. The molecule has 142 valence electrons. The zero-order valence-corrected chi connectivity index (χ0v) is 16.2. The molecular formula is C22H21ClN4O. The minimum absolute atomic E-state index is 0.0217. The van der Waals surface area contributed by atoms with Gasteiger partial charge in [0.05, 0.1) is 18.1 Å². The summed E-state index contributed by atoms with van der Waals surface area (Å²) in [6.07, 6.45) is 4.45. The van der Waals surface area contributed by atoms with Gasteiger partial charge in [-0.3, -0.25) is 9.78 Å². The largest absolute Gasteiger partial charge is 0.353 e. The molecule has 4 rings (SSSR count). The predicted octanol–water partition coefficient (Wildman–Crippen LogP) is 4.15. The standard InChI is InChI=1S/C22H21ClN4O/c23-19-9-4-8-18(14-19)22(28)27-11-5-10-26(12-13-27)21-16-24-15-20(25-21)17-6-2-1-3-7-17/h1-4,6-9,14-16H,5,10-13H2. The van der Waals surface area contributed by atoms with Crippen LogP contribution in [0.1, 0.15) is 16.8 Å². The topological polar surface area (TPSA) is 49.3 Å². The van der Waals surface area contributed by atoms with Gasteiger partial charge in [-0.25, -0.2) is 4.98 Å². The fourth-order valence-electron chi connectivity index (χ4n) is 3.41. The van der Waals surface area contributed by atoms with Crippen LogP contribution in [0.5, 0.6) is 0 Å². The molecule has 0 N–H and O–H groups in total. The van der Waals surface area contributed by atoms with E-state index < -0.39 is 0 Å². The third kappa shape index (κ3) is 4.15. The summed E-state index contributed by atoms with van der Waals surface area (Å²) in [7, 11) is 0. The fourth-order valence-corrected chi connectivity index (χ4v) is 3.60. The Balaban J connectivity index is 1.48. The first kappa shape index (κ1) is 18.4. The summed E-state index contributed by atoms with van der Waals surface area (Å²) in [6.45, 7) is 2.92. The zero-order valence-electron chi connectivity index (χ0n) is 15.5. The maximum atomic E-state index is 12.8. The van der Waals surface area contributed by atoms with Gasteiger partial charge in [-0.05, 0) is 24.6 Å². The molecule has 3 aromatic rings. The minimum atomic E-state index is 0.0217. The number of aromatic nitrogens is 2. The molecule has 28 heavy (non-hydrogen) atoms. The molecule has 0 aliphatic carbocycles. The maximum Gasteiger partial charge on any atom is 0.253 e. The monoisotopic (exact) mass is 392 g/mol. The number of hydrogen-bond acceptors (Lipinski definition) is 4. The van der Waals surface area contributed by atoms with Gasteiger partial charge in [0.1, 0.15) is 5.82 Å². The first-order valence-electron chi connectivity index (χ1n) is 9.38. The van der Waals surface area contributed by atoms with Gasteiger partial charge >= 0.3 is 0 Å². The number of carbonyl (C=O) groups is 1. The molecule has 2 aromatic carbocycles. The molecule has 0 spiro atoms. The van der Waals surface area contributed by atoms with Gasteiger partial charge in [-0.2, -0.15) is 0 Å². The highest BCUT2D eigenvalue weighted by Gasteiger charge is 2.21. The second-order valence-corrected chi connectivity index (χ2v) is 7.21. The van der Waals surface area contributed by atoms with Gasteiger partial charge in [0.25, 0.3) is 5.91 Å². The third-order valence-electron chi connectivity index (χ3n) is 4.87. The number of anilines is 1. The van der Waals surface area contributed by atoms with Crippen LogP contribution in [0, 0.1) is 0 Å². The molecule has 5 nitrogen and oxygen atoms in total. The number of carbonyl (C=O) groups excluding carboxylic acids is 1. The van der Waals surface area contributed by atoms with Crippen LogP contribution >= 0.6 is 11.6 Å². The molecule has 1 aliphatic heterocycles. The maximum absolute atomic E-state index is 12.8. The molecule has 0 saturated carbocycles. The number of nitrogens with zero attached hydrogens (tertiary/aromatic N) is 4. The lowest BCUT2D eigenvalue weighted by Crippen LogP contribution is -2.35. The number of benzene rings is 2. The van der Waals surface area contributed by atoms with E-state index in [1.54, 1.807) is 24.5 Å². The average molecular weight is 393 g/mol. The lowest BCUT2D eigenvalue weighted by molar-refractivity contribution is 0.0767. The van der Waals surface area contributed by atoms with Gasteiger partial charge in [0.15, 0.2) is 0 Å². The lowest BCUT2D eigenvalue weighted by atomic mass is 10.2. The van der Waals surface area contributed by atoms with Crippen LogP contribution in [0.4, 0.5) is 5.82 Å². The van der Waals surface area contributed by atoms with Gasteiger partial charge in [0, 0.05) is 42.3 Å². The summed E-state index contributed by atoms with van der Waals surface area (Å²) in [5.41, 5.74) is 2.53. The summed E-state index contributed by atoms with van der Waals surface area (Å²) in [4.78, 5) is 26.1. The highest BCUT2D eigenvalue weighted by Crippen LogP contribution is 2.21. The van der Waals surface area contributed by atoms with Crippen LogP contribution in [0.15, 0.2) is 67.0 Å². The van der Waals surface area contributed by atoms with Crippen LogP contribution in [-0.2, 0) is 0 Å². The van der Waals surface area contributed by atoms with Gasteiger partial charge in [0.2, 0.25) is 0 Å². The highest BCUT2D eigenvalue weighted by molar-refractivity contribution is 6.30. The first-order valence-corrected chi connectivity index (χ1v) is 9.76.